The normalized spacial score (nSPS) is 17.7. The summed E-state index contributed by atoms with van der Waals surface area (Å²) >= 11 is 0. The van der Waals surface area contributed by atoms with Crippen LogP contribution in [0.4, 0.5) is 5.69 Å². The van der Waals surface area contributed by atoms with Crippen molar-refractivity contribution in [2.24, 2.45) is 0 Å². The lowest BCUT2D eigenvalue weighted by Gasteiger charge is -2.14. The molecule has 1 aliphatic heterocycles. The van der Waals surface area contributed by atoms with Gasteiger partial charge in [-0.15, -0.1) is 0 Å². The van der Waals surface area contributed by atoms with Crippen LogP contribution >= 0.6 is 0 Å². The van der Waals surface area contributed by atoms with E-state index in [-0.39, 0.29) is 17.8 Å². The molecule has 14 heavy (non-hydrogen) atoms. The van der Waals surface area contributed by atoms with Gasteiger partial charge in [0.25, 0.3) is 0 Å². The first kappa shape index (κ1) is 11.3. The molecule has 2 heteroatoms. The maximum Gasteiger partial charge on any atom is 0.209 e. The summed E-state index contributed by atoms with van der Waals surface area (Å²) in [6, 6.07) is 8.63. The maximum atomic E-state index is 2.29. The fourth-order valence-electron chi connectivity index (χ4n) is 2.09. The van der Waals surface area contributed by atoms with Gasteiger partial charge >= 0.3 is 0 Å². The molecule has 0 aliphatic carbocycles. The van der Waals surface area contributed by atoms with Crippen LogP contribution in [0, 0.1) is 0 Å². The van der Waals surface area contributed by atoms with Crippen molar-refractivity contribution in [1.29, 1.82) is 0 Å². The molecule has 0 unspecified atom stereocenters. The summed E-state index contributed by atoms with van der Waals surface area (Å²) in [5.41, 5.74) is 4.42. The molecule has 1 heterocycles. The molecule has 2 rings (SSSR count). The van der Waals surface area contributed by atoms with E-state index in [0.29, 0.717) is 0 Å². The molecular weight excluding hydrogens is 194 g/mol. The van der Waals surface area contributed by atoms with Gasteiger partial charge in [0.1, 0.15) is 7.05 Å². The zero-order valence-corrected chi connectivity index (χ0v) is 9.89. The van der Waals surface area contributed by atoms with Crippen molar-refractivity contribution in [2.45, 2.75) is 26.2 Å². The third-order valence-corrected chi connectivity index (χ3v) is 3.35. The molecule has 1 aliphatic rings. The Balaban J connectivity index is 0.000000980. The van der Waals surface area contributed by atoms with Crippen molar-refractivity contribution >= 4 is 11.4 Å². The van der Waals surface area contributed by atoms with Gasteiger partial charge < -0.3 is 12.4 Å². The second-order valence-corrected chi connectivity index (χ2v) is 4.29. The number of halogens is 1. The molecule has 76 valence electrons. The predicted molar refractivity (Wildman–Crippen MR) is 56.0 cm³/mol. The molecule has 0 aromatic heterocycles. The quantitative estimate of drug-likeness (QED) is 0.517. The third-order valence-electron chi connectivity index (χ3n) is 3.35. The summed E-state index contributed by atoms with van der Waals surface area (Å²) in [7, 11) is 2.14. The van der Waals surface area contributed by atoms with Crippen LogP contribution in [0.1, 0.15) is 26.3 Å². The molecule has 0 fully saturated rings. The van der Waals surface area contributed by atoms with Crippen LogP contribution in [0.2, 0.25) is 0 Å². The molecule has 0 saturated carbocycles. The van der Waals surface area contributed by atoms with Gasteiger partial charge in [-0.1, -0.05) is 18.2 Å². The van der Waals surface area contributed by atoms with E-state index in [1.807, 2.05) is 0 Å². The average molecular weight is 210 g/mol. The summed E-state index contributed by atoms with van der Waals surface area (Å²) < 4.78 is 2.29. The average Bonchev–Trinajstić information content (AvgIpc) is 2.30. The highest BCUT2D eigenvalue weighted by molar-refractivity contribution is 5.93. The van der Waals surface area contributed by atoms with Gasteiger partial charge in [-0.2, -0.15) is 0 Å². The molecule has 0 N–H and O–H groups in total. The van der Waals surface area contributed by atoms with E-state index in [0.717, 1.165) is 0 Å². The lowest BCUT2D eigenvalue weighted by atomic mass is 9.82. The number of hydrogen-bond donors (Lipinski definition) is 0. The Kier molecular flexibility index (Phi) is 2.73. The fraction of sp³-hybridized carbons (Fsp3) is 0.417. The highest BCUT2D eigenvalue weighted by Gasteiger charge is 2.40. The van der Waals surface area contributed by atoms with Gasteiger partial charge in [-0.05, 0) is 13.8 Å². The van der Waals surface area contributed by atoms with Crippen molar-refractivity contribution in [3.8, 4) is 0 Å². The smallest absolute Gasteiger partial charge is 0.209 e. The van der Waals surface area contributed by atoms with Crippen LogP contribution < -0.4 is 12.4 Å². The highest BCUT2D eigenvalue weighted by atomic mass is 35.5. The molecule has 0 saturated heterocycles. The first-order chi connectivity index (χ1) is 6.05. The molecule has 1 aromatic rings. The number of benzene rings is 1. The van der Waals surface area contributed by atoms with Gasteiger partial charge in [0, 0.05) is 18.6 Å². The number of hydrogen-bond acceptors (Lipinski definition) is 0. The zero-order valence-electron chi connectivity index (χ0n) is 9.13. The maximum absolute atomic E-state index is 2.29. The summed E-state index contributed by atoms with van der Waals surface area (Å²) in [6.45, 7) is 6.77. The van der Waals surface area contributed by atoms with Crippen molar-refractivity contribution in [3.63, 3.8) is 0 Å². The Bertz CT molecular complexity index is 391. The van der Waals surface area contributed by atoms with Crippen molar-refractivity contribution < 1.29 is 17.0 Å². The minimum atomic E-state index is 0. The van der Waals surface area contributed by atoms with E-state index in [2.05, 4.69) is 56.7 Å². The summed E-state index contributed by atoms with van der Waals surface area (Å²) in [4.78, 5) is 0. The first-order valence-corrected chi connectivity index (χ1v) is 4.72. The topological polar surface area (TPSA) is 3.01 Å². The largest absolute Gasteiger partial charge is 1.00 e. The van der Waals surface area contributed by atoms with Gasteiger partial charge in [0.05, 0.1) is 5.41 Å². The second kappa shape index (κ2) is 3.39. The lowest BCUT2D eigenvalue weighted by molar-refractivity contribution is -0.403. The van der Waals surface area contributed by atoms with E-state index in [9.17, 15) is 0 Å². The monoisotopic (exact) mass is 209 g/mol. The summed E-state index contributed by atoms with van der Waals surface area (Å²) in [6.07, 6.45) is 0. The molecule has 0 bridgehead atoms. The molecule has 1 aromatic carbocycles. The number of fused-ring (bicyclic) bond motifs is 1. The summed E-state index contributed by atoms with van der Waals surface area (Å²) in [5, 5.41) is 0. The van der Waals surface area contributed by atoms with E-state index < -0.39 is 0 Å². The van der Waals surface area contributed by atoms with E-state index in [1.54, 1.807) is 0 Å². The predicted octanol–water partition coefficient (Wildman–Crippen LogP) is -0.283. The summed E-state index contributed by atoms with van der Waals surface area (Å²) in [5.74, 6) is 0. The first-order valence-electron chi connectivity index (χ1n) is 4.72. The molecule has 0 radical (unpaired) electrons. The minimum absolute atomic E-state index is 0. The Hall–Kier alpha value is -0.820. The van der Waals surface area contributed by atoms with Crippen LogP contribution in [0.5, 0.6) is 0 Å². The minimum Gasteiger partial charge on any atom is -1.00 e. The number of para-hydroxylation sites is 1. The van der Waals surface area contributed by atoms with Crippen molar-refractivity contribution in [3.05, 3.63) is 29.8 Å². The van der Waals surface area contributed by atoms with E-state index >= 15 is 0 Å². The Morgan fingerprint density at radius 1 is 1.14 bits per heavy atom. The molecule has 0 amide bonds. The van der Waals surface area contributed by atoms with Crippen LogP contribution in [0.25, 0.3) is 0 Å². The Labute approximate surface area is 91.9 Å². The van der Waals surface area contributed by atoms with E-state index in [1.165, 1.54) is 17.0 Å². The van der Waals surface area contributed by atoms with Gasteiger partial charge in [-0.3, -0.25) is 0 Å². The van der Waals surface area contributed by atoms with Crippen LogP contribution in [-0.2, 0) is 5.41 Å². The molecule has 1 nitrogen and oxygen atoms in total. The number of rotatable bonds is 0. The Morgan fingerprint density at radius 2 is 1.71 bits per heavy atom. The van der Waals surface area contributed by atoms with Crippen LogP contribution in [-0.4, -0.2) is 17.3 Å². The zero-order chi connectivity index (χ0) is 9.64. The van der Waals surface area contributed by atoms with Crippen molar-refractivity contribution in [1.82, 2.24) is 0 Å². The number of nitrogens with zero attached hydrogens (tertiary/aromatic N) is 1. The molecular formula is C12H16ClN. The van der Waals surface area contributed by atoms with Crippen LogP contribution in [0.15, 0.2) is 24.3 Å². The third kappa shape index (κ3) is 1.27. The van der Waals surface area contributed by atoms with Crippen LogP contribution in [0.3, 0.4) is 0 Å². The SMILES string of the molecule is CC1=[N+](C)c2ccccc2C1(C)C.[Cl-]. The van der Waals surface area contributed by atoms with Crippen molar-refractivity contribution in [2.75, 3.05) is 7.05 Å². The van der Waals surface area contributed by atoms with Gasteiger partial charge in [0.15, 0.2) is 5.71 Å². The lowest BCUT2D eigenvalue weighted by Crippen LogP contribution is -3.00. The van der Waals surface area contributed by atoms with E-state index in [4.69, 9.17) is 0 Å². The molecule has 0 atom stereocenters. The van der Waals surface area contributed by atoms with Gasteiger partial charge in [0.2, 0.25) is 5.69 Å². The highest BCUT2D eigenvalue weighted by Crippen LogP contribution is 2.38. The molecule has 0 spiro atoms. The second-order valence-electron chi connectivity index (χ2n) is 4.29. The van der Waals surface area contributed by atoms with Gasteiger partial charge in [-0.25, -0.2) is 4.58 Å². The standard InChI is InChI=1S/C12H16N.ClH/c1-9-12(2,3)10-7-5-6-8-11(10)13(9)4;/h5-8H,1-4H3;1H/q+1;/p-1. The fourth-order valence-corrected chi connectivity index (χ4v) is 2.09. The Morgan fingerprint density at radius 3 is 2.29 bits per heavy atom.